The Bertz CT molecular complexity index is 574. The van der Waals surface area contributed by atoms with E-state index < -0.39 is 0 Å². The summed E-state index contributed by atoms with van der Waals surface area (Å²) in [7, 11) is 2.00. The number of nitrogens with zero attached hydrogens (tertiary/aromatic N) is 1. The predicted octanol–water partition coefficient (Wildman–Crippen LogP) is 4.17. The molecule has 0 aliphatic rings. The van der Waals surface area contributed by atoms with E-state index >= 15 is 0 Å². The normalized spacial score (nSPS) is 9.76. The highest BCUT2D eigenvalue weighted by Gasteiger charge is 1.92. The molecule has 0 atom stereocenters. The molecule has 17 heavy (non-hydrogen) atoms. The van der Waals surface area contributed by atoms with Crippen LogP contribution in [0, 0.1) is 6.92 Å². The monoisotopic (exact) mass is 223 g/mol. The van der Waals surface area contributed by atoms with Crippen molar-refractivity contribution in [3.8, 4) is 0 Å². The SMILES string of the molecule is Cc1cccc2ccccc12.Cn1cccc1. The number of aromatic nitrogens is 1. The molecule has 0 spiro atoms. The minimum absolute atomic E-state index is 1.33. The first kappa shape index (κ1) is 11.5. The minimum atomic E-state index is 1.33. The van der Waals surface area contributed by atoms with Gasteiger partial charge in [-0.1, -0.05) is 42.5 Å². The van der Waals surface area contributed by atoms with E-state index in [9.17, 15) is 0 Å². The van der Waals surface area contributed by atoms with Crippen molar-refractivity contribution in [1.29, 1.82) is 0 Å². The second-order valence-corrected chi connectivity index (χ2v) is 4.14. The van der Waals surface area contributed by atoms with Gasteiger partial charge in [-0.15, -0.1) is 0 Å². The first-order valence-electron chi connectivity index (χ1n) is 5.78. The van der Waals surface area contributed by atoms with Crippen molar-refractivity contribution in [1.82, 2.24) is 4.57 Å². The number of hydrogen-bond donors (Lipinski definition) is 0. The van der Waals surface area contributed by atoms with Gasteiger partial charge in [0.2, 0.25) is 0 Å². The summed E-state index contributed by atoms with van der Waals surface area (Å²) in [5.41, 5.74) is 1.35. The van der Waals surface area contributed by atoms with Crippen molar-refractivity contribution in [3.63, 3.8) is 0 Å². The number of hydrogen-bond acceptors (Lipinski definition) is 0. The Morgan fingerprint density at radius 3 is 2.00 bits per heavy atom. The van der Waals surface area contributed by atoms with Crippen molar-refractivity contribution in [2.45, 2.75) is 6.92 Å². The molecule has 0 unspecified atom stereocenters. The third kappa shape index (κ3) is 2.97. The maximum Gasteiger partial charge on any atom is 0.0106 e. The largest absolute Gasteiger partial charge is 0.357 e. The van der Waals surface area contributed by atoms with Gasteiger partial charge in [0.25, 0.3) is 0 Å². The Morgan fingerprint density at radius 2 is 1.41 bits per heavy atom. The molecule has 0 saturated carbocycles. The van der Waals surface area contributed by atoms with Gasteiger partial charge >= 0.3 is 0 Å². The van der Waals surface area contributed by atoms with Gasteiger partial charge in [-0.3, -0.25) is 0 Å². The molecule has 0 saturated heterocycles. The highest BCUT2D eigenvalue weighted by Crippen LogP contribution is 2.16. The first-order chi connectivity index (χ1) is 8.27. The fourth-order valence-electron chi connectivity index (χ4n) is 1.81. The van der Waals surface area contributed by atoms with Gasteiger partial charge in [-0.05, 0) is 35.4 Å². The lowest BCUT2D eigenvalue weighted by Crippen LogP contribution is -1.75. The third-order valence-corrected chi connectivity index (χ3v) is 2.76. The number of aryl methyl sites for hydroxylation is 2. The summed E-state index contributed by atoms with van der Waals surface area (Å²) >= 11 is 0. The first-order valence-corrected chi connectivity index (χ1v) is 5.78. The van der Waals surface area contributed by atoms with E-state index in [0.717, 1.165) is 0 Å². The molecule has 86 valence electrons. The Labute approximate surface area is 102 Å². The summed E-state index contributed by atoms with van der Waals surface area (Å²) < 4.78 is 2.00. The zero-order valence-corrected chi connectivity index (χ0v) is 10.3. The summed E-state index contributed by atoms with van der Waals surface area (Å²) in [5, 5.41) is 2.68. The average Bonchev–Trinajstić information content (AvgIpc) is 2.82. The lowest BCUT2D eigenvalue weighted by atomic mass is 10.1. The second-order valence-electron chi connectivity index (χ2n) is 4.14. The maximum absolute atomic E-state index is 2.16. The molecule has 3 rings (SSSR count). The van der Waals surface area contributed by atoms with Crippen LogP contribution in [0.25, 0.3) is 10.8 Å². The van der Waals surface area contributed by atoms with E-state index in [0.29, 0.717) is 0 Å². The van der Waals surface area contributed by atoms with E-state index in [2.05, 4.69) is 49.4 Å². The smallest absolute Gasteiger partial charge is 0.0106 e. The van der Waals surface area contributed by atoms with Crippen LogP contribution >= 0.6 is 0 Å². The number of rotatable bonds is 0. The topological polar surface area (TPSA) is 4.93 Å². The maximum atomic E-state index is 2.16. The summed E-state index contributed by atoms with van der Waals surface area (Å²) in [4.78, 5) is 0. The lowest BCUT2D eigenvalue weighted by molar-refractivity contribution is 0.928. The van der Waals surface area contributed by atoms with Gasteiger partial charge in [0, 0.05) is 19.4 Å². The third-order valence-electron chi connectivity index (χ3n) is 2.76. The van der Waals surface area contributed by atoms with Crippen LogP contribution in [0.4, 0.5) is 0 Å². The van der Waals surface area contributed by atoms with Crippen LogP contribution in [0.1, 0.15) is 5.56 Å². The van der Waals surface area contributed by atoms with Crippen LogP contribution in [0.2, 0.25) is 0 Å². The summed E-state index contributed by atoms with van der Waals surface area (Å²) in [6, 6.07) is 18.8. The highest BCUT2D eigenvalue weighted by atomic mass is 14.9. The molecule has 0 N–H and O–H groups in total. The van der Waals surface area contributed by atoms with Crippen molar-refractivity contribution in [2.75, 3.05) is 0 Å². The average molecular weight is 223 g/mol. The summed E-state index contributed by atoms with van der Waals surface area (Å²) in [5.74, 6) is 0. The zero-order valence-electron chi connectivity index (χ0n) is 10.3. The van der Waals surface area contributed by atoms with Crippen LogP contribution in [-0.4, -0.2) is 4.57 Å². The molecule has 0 fully saturated rings. The quantitative estimate of drug-likeness (QED) is 0.539. The predicted molar refractivity (Wildman–Crippen MR) is 74.1 cm³/mol. The van der Waals surface area contributed by atoms with Crippen molar-refractivity contribution >= 4 is 10.8 Å². The van der Waals surface area contributed by atoms with Crippen molar-refractivity contribution < 1.29 is 0 Å². The van der Waals surface area contributed by atoms with Gasteiger partial charge in [0.1, 0.15) is 0 Å². The fraction of sp³-hybridized carbons (Fsp3) is 0.125. The summed E-state index contributed by atoms with van der Waals surface area (Å²) in [6.07, 6.45) is 4.00. The molecule has 1 heterocycles. The van der Waals surface area contributed by atoms with E-state index in [1.807, 2.05) is 36.1 Å². The summed E-state index contributed by atoms with van der Waals surface area (Å²) in [6.45, 7) is 2.14. The van der Waals surface area contributed by atoms with Crippen molar-refractivity contribution in [2.24, 2.45) is 7.05 Å². The van der Waals surface area contributed by atoms with Gasteiger partial charge in [0.15, 0.2) is 0 Å². The van der Waals surface area contributed by atoms with Crippen LogP contribution in [-0.2, 0) is 7.05 Å². The lowest BCUT2D eigenvalue weighted by Gasteiger charge is -1.98. The molecule has 0 aliphatic carbocycles. The van der Waals surface area contributed by atoms with E-state index in [4.69, 9.17) is 0 Å². The zero-order chi connectivity index (χ0) is 12.1. The van der Waals surface area contributed by atoms with E-state index in [1.54, 1.807) is 0 Å². The fourth-order valence-corrected chi connectivity index (χ4v) is 1.81. The van der Waals surface area contributed by atoms with Crippen LogP contribution in [0.5, 0.6) is 0 Å². The Hall–Kier alpha value is -2.02. The molecule has 0 aliphatic heterocycles. The molecule has 0 amide bonds. The van der Waals surface area contributed by atoms with Gasteiger partial charge < -0.3 is 4.57 Å². The Balaban J connectivity index is 0.000000153. The molecular formula is C16H17N. The molecule has 3 aromatic rings. The van der Waals surface area contributed by atoms with Crippen LogP contribution in [0.15, 0.2) is 67.0 Å². The Morgan fingerprint density at radius 1 is 0.765 bits per heavy atom. The molecule has 2 aromatic carbocycles. The van der Waals surface area contributed by atoms with Gasteiger partial charge in [0.05, 0.1) is 0 Å². The molecule has 1 nitrogen and oxygen atoms in total. The van der Waals surface area contributed by atoms with Gasteiger partial charge in [-0.2, -0.15) is 0 Å². The molecule has 0 bridgehead atoms. The molecule has 0 radical (unpaired) electrons. The van der Waals surface area contributed by atoms with Crippen molar-refractivity contribution in [3.05, 3.63) is 72.6 Å². The van der Waals surface area contributed by atoms with E-state index in [-0.39, 0.29) is 0 Å². The number of fused-ring (bicyclic) bond motifs is 1. The standard InChI is InChI=1S/C11H10.C5H7N/c1-9-5-4-7-10-6-2-3-8-11(9)10;1-6-4-2-3-5-6/h2-8H,1H3;2-5H,1H3. The second kappa shape index (κ2) is 5.35. The Kier molecular flexibility index (Phi) is 3.61. The van der Waals surface area contributed by atoms with Crippen LogP contribution in [0.3, 0.4) is 0 Å². The molecule has 1 heteroatoms. The van der Waals surface area contributed by atoms with Gasteiger partial charge in [-0.25, -0.2) is 0 Å². The highest BCUT2D eigenvalue weighted by molar-refractivity contribution is 5.85. The van der Waals surface area contributed by atoms with E-state index in [1.165, 1.54) is 16.3 Å². The molecular weight excluding hydrogens is 206 g/mol. The molecule has 1 aromatic heterocycles. The minimum Gasteiger partial charge on any atom is -0.357 e. The number of benzene rings is 2. The van der Waals surface area contributed by atoms with Crippen LogP contribution < -0.4 is 0 Å².